The van der Waals surface area contributed by atoms with Gasteiger partial charge in [-0.05, 0) is 6.07 Å². The first-order chi connectivity index (χ1) is 9.49. The summed E-state index contributed by atoms with van der Waals surface area (Å²) >= 11 is 0. The Labute approximate surface area is 116 Å². The molecule has 0 aromatic carbocycles. The Morgan fingerprint density at radius 1 is 1.10 bits per heavy atom. The Bertz CT molecular complexity index is 559. The third-order valence-corrected chi connectivity index (χ3v) is 3.22. The summed E-state index contributed by atoms with van der Waals surface area (Å²) in [5, 5.41) is 0. The lowest BCUT2D eigenvalue weighted by Crippen LogP contribution is -2.53. The quantitative estimate of drug-likeness (QED) is 0.774. The largest absolute Gasteiger partial charge is 0.334 e. The van der Waals surface area contributed by atoms with E-state index in [-0.39, 0.29) is 23.2 Å². The first-order valence-electron chi connectivity index (χ1n) is 6.44. The zero-order chi connectivity index (χ0) is 14.7. The van der Waals surface area contributed by atoms with Gasteiger partial charge in [-0.3, -0.25) is 9.59 Å². The van der Waals surface area contributed by atoms with Crippen molar-refractivity contribution in [3.8, 4) is 0 Å². The van der Waals surface area contributed by atoms with Gasteiger partial charge in [0.2, 0.25) is 5.56 Å². The summed E-state index contributed by atoms with van der Waals surface area (Å²) in [6.07, 6.45) is 0. The van der Waals surface area contributed by atoms with E-state index in [0.717, 1.165) is 0 Å². The van der Waals surface area contributed by atoms with Gasteiger partial charge in [0, 0.05) is 46.3 Å². The van der Waals surface area contributed by atoms with Crippen LogP contribution >= 0.6 is 0 Å². The van der Waals surface area contributed by atoms with Crippen LogP contribution in [0.2, 0.25) is 0 Å². The average molecular weight is 278 g/mol. The van der Waals surface area contributed by atoms with Crippen LogP contribution in [0.15, 0.2) is 23.0 Å². The molecule has 1 aromatic rings. The SMILES string of the molecule is CN(C)C(=O)N1CCN(C(=O)c2cccc(=O)[nH]2)CC1. The fourth-order valence-electron chi connectivity index (χ4n) is 2.13. The molecule has 1 fully saturated rings. The number of carbonyl (C=O) groups excluding carboxylic acids is 2. The predicted molar refractivity (Wildman–Crippen MR) is 73.6 cm³/mol. The third-order valence-electron chi connectivity index (χ3n) is 3.22. The van der Waals surface area contributed by atoms with E-state index < -0.39 is 0 Å². The Hall–Kier alpha value is -2.31. The number of piperazine rings is 1. The van der Waals surface area contributed by atoms with E-state index in [4.69, 9.17) is 0 Å². The molecule has 1 aliphatic rings. The van der Waals surface area contributed by atoms with Crippen molar-refractivity contribution in [2.45, 2.75) is 0 Å². The number of nitrogens with one attached hydrogen (secondary N) is 1. The summed E-state index contributed by atoms with van der Waals surface area (Å²) in [4.78, 5) is 42.6. The van der Waals surface area contributed by atoms with Gasteiger partial charge in [-0.2, -0.15) is 0 Å². The minimum atomic E-state index is -0.294. The van der Waals surface area contributed by atoms with Crippen LogP contribution in [0.5, 0.6) is 0 Å². The minimum Gasteiger partial charge on any atom is -0.334 e. The molecule has 1 aromatic heterocycles. The molecule has 0 saturated carbocycles. The number of rotatable bonds is 1. The van der Waals surface area contributed by atoms with E-state index in [1.54, 1.807) is 36.0 Å². The van der Waals surface area contributed by atoms with Crippen LogP contribution in [0.25, 0.3) is 0 Å². The van der Waals surface area contributed by atoms with Crippen molar-refractivity contribution in [3.63, 3.8) is 0 Å². The molecule has 0 bridgehead atoms. The summed E-state index contributed by atoms with van der Waals surface area (Å²) in [6, 6.07) is 4.45. The molecule has 1 saturated heterocycles. The Morgan fingerprint density at radius 3 is 2.25 bits per heavy atom. The van der Waals surface area contributed by atoms with E-state index in [1.807, 2.05) is 0 Å². The fourth-order valence-corrected chi connectivity index (χ4v) is 2.13. The average Bonchev–Trinajstić information content (AvgIpc) is 2.46. The van der Waals surface area contributed by atoms with Crippen LogP contribution in [0, 0.1) is 0 Å². The molecular weight excluding hydrogens is 260 g/mol. The molecule has 0 atom stereocenters. The zero-order valence-electron chi connectivity index (χ0n) is 11.6. The highest BCUT2D eigenvalue weighted by atomic mass is 16.2. The lowest BCUT2D eigenvalue weighted by Gasteiger charge is -2.35. The first-order valence-corrected chi connectivity index (χ1v) is 6.44. The first kappa shape index (κ1) is 14.1. The fraction of sp³-hybridized carbons (Fsp3) is 0.462. The highest BCUT2D eigenvalue weighted by Gasteiger charge is 2.25. The number of pyridine rings is 1. The van der Waals surface area contributed by atoms with Crippen molar-refractivity contribution in [3.05, 3.63) is 34.2 Å². The topological polar surface area (TPSA) is 76.7 Å². The second-order valence-corrected chi connectivity index (χ2v) is 4.88. The van der Waals surface area contributed by atoms with Crippen LogP contribution in [-0.4, -0.2) is 71.9 Å². The Kier molecular flexibility index (Phi) is 4.07. The molecule has 0 radical (unpaired) electrons. The number of urea groups is 1. The summed E-state index contributed by atoms with van der Waals surface area (Å²) in [5.74, 6) is -0.209. The highest BCUT2D eigenvalue weighted by molar-refractivity contribution is 5.92. The zero-order valence-corrected chi connectivity index (χ0v) is 11.6. The molecule has 1 aliphatic heterocycles. The van der Waals surface area contributed by atoms with Crippen molar-refractivity contribution in [2.24, 2.45) is 0 Å². The lowest BCUT2D eigenvalue weighted by molar-refractivity contribution is 0.0644. The molecule has 2 heterocycles. The van der Waals surface area contributed by atoms with Crippen molar-refractivity contribution >= 4 is 11.9 Å². The Morgan fingerprint density at radius 2 is 1.70 bits per heavy atom. The van der Waals surface area contributed by atoms with Crippen LogP contribution in [0.4, 0.5) is 4.79 Å². The highest BCUT2D eigenvalue weighted by Crippen LogP contribution is 2.07. The molecular formula is C13H18N4O3. The van der Waals surface area contributed by atoms with Crippen molar-refractivity contribution in [1.29, 1.82) is 0 Å². The number of carbonyl (C=O) groups is 2. The van der Waals surface area contributed by atoms with Crippen LogP contribution in [0.1, 0.15) is 10.5 Å². The molecule has 108 valence electrons. The van der Waals surface area contributed by atoms with Crippen molar-refractivity contribution < 1.29 is 9.59 Å². The number of hydrogen-bond donors (Lipinski definition) is 1. The van der Waals surface area contributed by atoms with Gasteiger partial charge in [0.15, 0.2) is 0 Å². The number of aromatic nitrogens is 1. The maximum absolute atomic E-state index is 12.2. The van der Waals surface area contributed by atoms with Gasteiger partial charge in [-0.25, -0.2) is 4.79 Å². The molecule has 7 nitrogen and oxygen atoms in total. The second-order valence-electron chi connectivity index (χ2n) is 4.88. The van der Waals surface area contributed by atoms with Gasteiger partial charge in [-0.15, -0.1) is 0 Å². The number of aromatic amines is 1. The van der Waals surface area contributed by atoms with E-state index >= 15 is 0 Å². The summed E-state index contributed by atoms with van der Waals surface area (Å²) in [6.45, 7) is 1.93. The van der Waals surface area contributed by atoms with Crippen molar-refractivity contribution in [2.75, 3.05) is 40.3 Å². The summed E-state index contributed by atoms with van der Waals surface area (Å²) in [7, 11) is 3.41. The molecule has 3 amide bonds. The van der Waals surface area contributed by atoms with Gasteiger partial charge in [0.25, 0.3) is 5.91 Å². The van der Waals surface area contributed by atoms with Crippen LogP contribution in [0.3, 0.4) is 0 Å². The number of amides is 3. The van der Waals surface area contributed by atoms with E-state index in [9.17, 15) is 14.4 Å². The maximum atomic E-state index is 12.2. The van der Waals surface area contributed by atoms with Gasteiger partial charge in [0.05, 0.1) is 0 Å². The number of H-pyrrole nitrogens is 1. The predicted octanol–water partition coefficient (Wildman–Crippen LogP) is -0.186. The van der Waals surface area contributed by atoms with Crippen molar-refractivity contribution in [1.82, 2.24) is 19.7 Å². The molecule has 2 rings (SSSR count). The van der Waals surface area contributed by atoms with Gasteiger partial charge in [0.1, 0.15) is 5.69 Å². The Balaban J connectivity index is 1.99. The molecule has 0 aliphatic carbocycles. The molecule has 0 spiro atoms. The normalized spacial score (nSPS) is 15.1. The lowest BCUT2D eigenvalue weighted by atomic mass is 10.2. The molecule has 7 heteroatoms. The molecule has 20 heavy (non-hydrogen) atoms. The molecule has 1 N–H and O–H groups in total. The number of nitrogens with zero attached hydrogens (tertiary/aromatic N) is 3. The van der Waals surface area contributed by atoms with E-state index in [2.05, 4.69) is 4.98 Å². The standard InChI is InChI=1S/C13H18N4O3/c1-15(2)13(20)17-8-6-16(7-9-17)12(19)10-4-3-5-11(18)14-10/h3-5H,6-9H2,1-2H3,(H,14,18). The van der Waals surface area contributed by atoms with E-state index in [1.165, 1.54) is 11.0 Å². The molecule has 0 unspecified atom stereocenters. The summed E-state index contributed by atoms with van der Waals surface area (Å²) in [5.41, 5.74) is -0.0119. The monoisotopic (exact) mass is 278 g/mol. The van der Waals surface area contributed by atoms with Crippen LogP contribution in [-0.2, 0) is 0 Å². The third kappa shape index (κ3) is 2.98. The minimum absolute atomic E-state index is 0.0507. The van der Waals surface area contributed by atoms with Gasteiger partial charge in [-0.1, -0.05) is 6.07 Å². The van der Waals surface area contributed by atoms with Gasteiger partial charge >= 0.3 is 6.03 Å². The maximum Gasteiger partial charge on any atom is 0.319 e. The smallest absolute Gasteiger partial charge is 0.319 e. The number of hydrogen-bond acceptors (Lipinski definition) is 3. The van der Waals surface area contributed by atoms with Crippen LogP contribution < -0.4 is 5.56 Å². The van der Waals surface area contributed by atoms with E-state index in [0.29, 0.717) is 26.2 Å². The summed E-state index contributed by atoms with van der Waals surface area (Å²) < 4.78 is 0. The van der Waals surface area contributed by atoms with Gasteiger partial charge < -0.3 is 19.7 Å². The second kappa shape index (κ2) is 5.77.